The van der Waals surface area contributed by atoms with Gasteiger partial charge in [0.05, 0.1) is 90.1 Å². The summed E-state index contributed by atoms with van der Waals surface area (Å²) in [6.45, 7) is 26.4. The van der Waals surface area contributed by atoms with Gasteiger partial charge in [-0.3, -0.25) is 28.8 Å². The van der Waals surface area contributed by atoms with E-state index in [0.717, 1.165) is 115 Å². The Labute approximate surface area is 803 Å². The van der Waals surface area contributed by atoms with Gasteiger partial charge in [0.1, 0.15) is 92.5 Å². The molecule has 0 saturated carbocycles. The predicted octanol–water partition coefficient (Wildman–Crippen LogP) is 7.66. The van der Waals surface area contributed by atoms with Crippen molar-refractivity contribution in [3.63, 3.8) is 0 Å². The fraction of sp³-hybridized carbons (Fsp3) is 0.313. The average Bonchev–Trinajstić information content (AvgIpc) is 1.62. The van der Waals surface area contributed by atoms with Crippen LogP contribution < -0.4 is 68.6 Å². The maximum Gasteiger partial charge on any atom is 1.00 e. The van der Waals surface area contributed by atoms with Crippen molar-refractivity contribution in [1.29, 1.82) is 0 Å². The molecule has 0 radical (unpaired) electrons. The number of carbonyl (C=O) groups excluding carboxylic acids is 8. The van der Waals surface area contributed by atoms with Crippen molar-refractivity contribution < 1.29 is 134 Å². The molecule has 686 valence electrons. The fourth-order valence-corrected chi connectivity index (χ4v) is 15.3. The van der Waals surface area contributed by atoms with E-state index in [9.17, 15) is 53.4 Å². The van der Waals surface area contributed by atoms with Crippen LogP contribution in [-0.4, -0.2) is 181 Å². The molecule has 14 rings (SSSR count). The summed E-state index contributed by atoms with van der Waals surface area (Å²) in [5, 5.41) is 33.6. The van der Waals surface area contributed by atoms with Crippen molar-refractivity contribution in [2.45, 2.75) is 158 Å². The van der Waals surface area contributed by atoms with Crippen molar-refractivity contribution in [2.24, 2.45) is 22.9 Å². The number of aromatic carboxylic acids is 1. The Morgan fingerprint density at radius 1 is 0.454 bits per heavy atom. The molecular weight excluding hydrogens is 1880 g/mol. The van der Waals surface area contributed by atoms with Crippen LogP contribution in [0.1, 0.15) is 154 Å². The van der Waals surface area contributed by atoms with Gasteiger partial charge in [-0.2, -0.15) is 43.7 Å². The van der Waals surface area contributed by atoms with E-state index in [2.05, 4.69) is 107 Å². The Morgan fingerprint density at radius 2 is 0.777 bits per heavy atom. The molecule has 1 aliphatic rings. The molecule has 1 aliphatic heterocycles. The molecule has 0 spiro atoms. The van der Waals surface area contributed by atoms with E-state index in [0.29, 0.717) is 79.3 Å². The molecule has 5 unspecified atom stereocenters. The number of Topliss-reactive ketones (excluding diaryl/α,β-unsaturated/α-hetero) is 1. The number of hydrogen-bond acceptors (Lipinski definition) is 37. The second kappa shape index (κ2) is 50.3. The Balaban J connectivity index is 0.000000275. The third kappa shape index (κ3) is 29.7. The zero-order valence-corrected chi connectivity index (χ0v) is 81.9. The van der Waals surface area contributed by atoms with Gasteiger partial charge in [-0.25, -0.2) is 14.4 Å². The molecule has 5 amide bonds. The Bertz CT molecular complexity index is 5940. The van der Waals surface area contributed by atoms with Gasteiger partial charge in [0.2, 0.25) is 17.6 Å². The fourth-order valence-electron chi connectivity index (χ4n) is 12.1. The number of esters is 2. The molecule has 14 N–H and O–H groups in total. The molecule has 38 nitrogen and oxygen atoms in total. The molecule has 130 heavy (non-hydrogen) atoms. The zero-order chi connectivity index (χ0) is 93.5. The monoisotopic (exact) mass is 1970 g/mol. The molecule has 47 heteroatoms. The molecule has 11 heterocycles. The molecule has 0 aliphatic carbocycles. The second-order valence-electron chi connectivity index (χ2n) is 29.1. The van der Waals surface area contributed by atoms with Crippen LogP contribution in [0, 0.1) is 69.2 Å². The van der Waals surface area contributed by atoms with E-state index in [1.807, 2.05) is 107 Å². The number of halogens is 2. The number of benzene rings is 3. The van der Waals surface area contributed by atoms with Crippen LogP contribution in [0.5, 0.6) is 0 Å². The largest absolute Gasteiger partial charge is 1.00 e. The number of nitrogens with one attached hydrogen (secondary N) is 2. The molecule has 3 aromatic carbocycles. The van der Waals surface area contributed by atoms with Crippen LogP contribution >= 0.6 is 87.0 Å². The van der Waals surface area contributed by atoms with Crippen LogP contribution in [0.3, 0.4) is 0 Å². The maximum absolute atomic E-state index is 12.8. The number of amides is 5. The minimum atomic E-state index is -1.54. The molecule has 0 bridgehead atoms. The number of rotatable bonds is 24. The third-order valence-corrected chi connectivity index (χ3v) is 22.4. The number of hydrogen-bond donors (Lipinski definition) is 9. The average molecular weight is 1980 g/mol. The number of aryl methyl sites for hydroxylation is 10. The maximum atomic E-state index is 12.8. The van der Waals surface area contributed by atoms with Gasteiger partial charge < -0.3 is 95.2 Å². The van der Waals surface area contributed by atoms with Gasteiger partial charge in [-0.1, -0.05) is 91.0 Å². The van der Waals surface area contributed by atoms with Gasteiger partial charge in [-0.05, 0) is 173 Å². The number of carboxylic acid groups (broad SMARTS) is 1. The van der Waals surface area contributed by atoms with Crippen LogP contribution in [-0.2, 0) is 57.2 Å². The number of carbonyl (C=O) groups is 9. The topological polar surface area (TPSA) is 604 Å². The van der Waals surface area contributed by atoms with Crippen molar-refractivity contribution in [1.82, 2.24) is 54.4 Å². The Morgan fingerprint density at radius 3 is 1.12 bits per heavy atom. The smallest absolute Gasteiger partial charge is 0.870 e. The Kier molecular flexibility index (Phi) is 42.4. The van der Waals surface area contributed by atoms with E-state index in [-0.39, 0.29) is 107 Å². The first kappa shape index (κ1) is 109. The van der Waals surface area contributed by atoms with Crippen LogP contribution in [0.15, 0.2) is 148 Å². The number of aliphatic hydroxyl groups is 2. The normalized spacial score (nSPS) is 13.0. The first-order valence-corrected chi connectivity index (χ1v) is 42.7. The quantitative estimate of drug-likeness (QED) is 0.0159. The van der Waals surface area contributed by atoms with Gasteiger partial charge >= 0.3 is 54.6 Å². The summed E-state index contributed by atoms with van der Waals surface area (Å²) in [6, 6.07) is 34.1. The molecule has 10 aromatic heterocycles. The van der Waals surface area contributed by atoms with E-state index in [4.69, 9.17) is 59.4 Å². The number of aromatic nitrogens is 10. The van der Waals surface area contributed by atoms with Crippen LogP contribution in [0.25, 0.3) is 45.0 Å². The number of methoxy groups -OCH3 is 2. The number of nitrogens with zero attached hydrogens (tertiary/aromatic N) is 10. The van der Waals surface area contributed by atoms with Crippen LogP contribution in [0.4, 0.5) is 0 Å². The first-order valence-electron chi connectivity index (χ1n) is 38.2. The van der Waals surface area contributed by atoms with Crippen molar-refractivity contribution in [3.05, 3.63) is 229 Å². The van der Waals surface area contributed by atoms with Crippen LogP contribution in [0.2, 0.25) is 0 Å². The number of furan rings is 5. The molecule has 13 aromatic rings. The number of nitrogens with two attached hydrogens (primary N) is 4. The number of aliphatic hydroxyl groups excluding tert-OH is 2. The Hall–Kier alpha value is -11.1. The molecular formula is C83H94BBrClN16NaO22S5. The summed E-state index contributed by atoms with van der Waals surface area (Å²) in [5.74, 6) is 0.352. The van der Waals surface area contributed by atoms with E-state index in [1.165, 1.54) is 14.2 Å². The molecule has 5 atom stereocenters. The predicted molar refractivity (Wildman–Crippen MR) is 484 cm³/mol. The van der Waals surface area contributed by atoms with E-state index >= 15 is 0 Å². The van der Waals surface area contributed by atoms with Crippen molar-refractivity contribution in [3.8, 4) is 45.0 Å². The van der Waals surface area contributed by atoms with Gasteiger partial charge in [-0.15, -0.1) is 12.4 Å². The minimum Gasteiger partial charge on any atom is -0.870 e. The van der Waals surface area contributed by atoms with Gasteiger partial charge in [0, 0.05) is 40.2 Å². The SMILES string of the molecule is COC(=O)c1nsnc1-c1cc(C)oc1C.COC(=O)c1nsnc1Br.Cc1cc(-c2nsnc2C(=O)NC(Cc2ccccc2)C(=O)C(N)=O)c(C)o1.Cc1cc(-c2nsnc2C(=O)NC(Cc2ccccc2)C(O)C(N)=O)c(C)o1.Cc1cc(-c2nsnc2C(=O)O)c(C)o1.Cc1cc(B2OC(C)(C)C(C)(C)O2)c(C)o1.Cl.NC(=O)C(O)C(N)Cc1ccccc1.[Na+].[OH-]. The van der Waals surface area contributed by atoms with Crippen molar-refractivity contribution >= 4 is 153 Å². The zero-order valence-electron chi connectivity index (χ0n) is 73.4. The van der Waals surface area contributed by atoms with Crippen molar-refractivity contribution in [2.75, 3.05) is 14.2 Å². The summed E-state index contributed by atoms with van der Waals surface area (Å²) < 4.78 is 88.3. The summed E-state index contributed by atoms with van der Waals surface area (Å²) in [7, 11) is 2.30. The minimum absolute atomic E-state index is 0. The number of ether oxygens (including phenoxy) is 2. The van der Waals surface area contributed by atoms with Gasteiger partial charge in [0.15, 0.2) is 39.2 Å². The summed E-state index contributed by atoms with van der Waals surface area (Å²) in [4.78, 5) is 104. The summed E-state index contributed by atoms with van der Waals surface area (Å²) in [5.41, 5.74) is 29.0. The van der Waals surface area contributed by atoms with Gasteiger partial charge in [0.25, 0.3) is 17.7 Å². The third-order valence-electron chi connectivity index (χ3n) is 19.0. The first-order chi connectivity index (χ1) is 60.0. The van der Waals surface area contributed by atoms with E-state index < -0.39 is 83.6 Å². The number of primary amides is 3. The molecule has 1 saturated heterocycles. The summed E-state index contributed by atoms with van der Waals surface area (Å²) >= 11 is 7.64. The van der Waals surface area contributed by atoms with E-state index in [1.54, 1.807) is 84.0 Å². The number of carboxylic acids is 1. The standard InChI is InChI=1S/C19H20N4O4S.C19H18N4O4S.C12H19BO3.C10H10N2O3S.C10H14N2O2.C9H8N2O3S.C4H3BrN2O2S.ClH.Na.H2O/c2*1-10-8-13(11(2)27-10)15-16(23-28-22-15)19(26)21-14(17(24)18(20)25)9-12-6-4-3-5-7-12;1-8-7-10(9(2)14-8)13-15-11(3,4)12(5,6)16-13;1-5-4-7(6(2)15-5)8-9(10(13)14-3)12-16-11-8;11-8(9(13)10(12)14)6-7-4-2-1-3-5-7;1-4-3-6(5(2)14-4)7-8(9(12)13)11-15-10-7;1-9-4(8)2-3(5)7-10-6-2;;;/h3-8,14,17,24H,9H2,1-2H3,(H2,20,25)(H,21,26);3-8,14H,9H2,1-2H3,(H2,20,25)(H,21,26);7H,1-6H3;4H,1-3H3;1-5,8-9,13H,6,11H2,(H2,12,14);3H,1-2H3,(H,12,13);1H3;1H;;1H2/q;;;;;;;;+1;/p-1. The summed E-state index contributed by atoms with van der Waals surface area (Å²) in [6.07, 6.45) is -2.03. The molecule has 1 fully saturated rings. The number of ketones is 1. The second-order valence-corrected chi connectivity index (χ2v) is 32.5.